The van der Waals surface area contributed by atoms with Crippen LogP contribution in [0.25, 0.3) is 0 Å². The van der Waals surface area contributed by atoms with Gasteiger partial charge in [-0.05, 0) is 62.8 Å². The van der Waals surface area contributed by atoms with Crippen molar-refractivity contribution in [1.82, 2.24) is 5.32 Å². The Kier molecular flexibility index (Phi) is 4.89. The van der Waals surface area contributed by atoms with Crippen LogP contribution in [-0.4, -0.2) is 12.6 Å². The van der Waals surface area contributed by atoms with Crippen molar-refractivity contribution in [3.05, 3.63) is 11.6 Å². The van der Waals surface area contributed by atoms with Crippen LogP contribution in [0.2, 0.25) is 0 Å². The quantitative estimate of drug-likeness (QED) is 0.698. The maximum Gasteiger partial charge on any atom is 0.0312 e. The Hall–Kier alpha value is -0.300. The van der Waals surface area contributed by atoms with E-state index in [0.29, 0.717) is 11.5 Å². The van der Waals surface area contributed by atoms with E-state index in [-0.39, 0.29) is 0 Å². The Bertz CT molecular complexity index is 290. The first-order valence-electron chi connectivity index (χ1n) is 8.07. The molecule has 1 saturated carbocycles. The highest BCUT2D eigenvalue weighted by Gasteiger charge is 2.40. The van der Waals surface area contributed by atoms with E-state index in [1.807, 2.05) is 0 Å². The fraction of sp³-hybridized carbons (Fsp3) is 0.882. The van der Waals surface area contributed by atoms with Crippen LogP contribution in [-0.2, 0) is 0 Å². The van der Waals surface area contributed by atoms with Gasteiger partial charge >= 0.3 is 0 Å². The first kappa shape index (κ1) is 14.1. The highest BCUT2D eigenvalue weighted by atomic mass is 14.9. The van der Waals surface area contributed by atoms with Crippen molar-refractivity contribution in [3.63, 3.8) is 0 Å². The van der Waals surface area contributed by atoms with Gasteiger partial charge in [0, 0.05) is 6.04 Å². The first-order valence-corrected chi connectivity index (χ1v) is 8.07. The smallest absolute Gasteiger partial charge is 0.0312 e. The average molecular weight is 249 g/mol. The summed E-state index contributed by atoms with van der Waals surface area (Å²) < 4.78 is 0. The van der Waals surface area contributed by atoms with E-state index in [0.717, 1.165) is 5.92 Å². The molecule has 104 valence electrons. The molecule has 0 bridgehead atoms. The first-order chi connectivity index (χ1) is 8.65. The summed E-state index contributed by atoms with van der Waals surface area (Å²) in [7, 11) is 0. The minimum Gasteiger partial charge on any atom is -0.310 e. The van der Waals surface area contributed by atoms with E-state index < -0.39 is 0 Å². The predicted octanol–water partition coefficient (Wildman–Crippen LogP) is 4.68. The summed E-state index contributed by atoms with van der Waals surface area (Å²) in [6.45, 7) is 8.41. The lowest BCUT2D eigenvalue weighted by atomic mass is 9.73. The van der Waals surface area contributed by atoms with Crippen LogP contribution in [0.4, 0.5) is 0 Å². The number of hydrogen-bond donors (Lipinski definition) is 1. The summed E-state index contributed by atoms with van der Waals surface area (Å²) in [5.74, 6) is 0.855. The van der Waals surface area contributed by atoms with Crippen LogP contribution < -0.4 is 5.32 Å². The largest absolute Gasteiger partial charge is 0.310 e. The zero-order valence-electron chi connectivity index (χ0n) is 12.6. The topological polar surface area (TPSA) is 12.0 Å². The third-order valence-electron chi connectivity index (χ3n) is 5.08. The van der Waals surface area contributed by atoms with Crippen LogP contribution in [0.5, 0.6) is 0 Å². The van der Waals surface area contributed by atoms with Gasteiger partial charge < -0.3 is 5.32 Å². The minimum atomic E-state index is 0.531. The lowest BCUT2D eigenvalue weighted by Crippen LogP contribution is -2.42. The third-order valence-corrected chi connectivity index (χ3v) is 5.08. The van der Waals surface area contributed by atoms with E-state index in [1.54, 1.807) is 5.57 Å². The van der Waals surface area contributed by atoms with Gasteiger partial charge in [-0.25, -0.2) is 0 Å². The molecule has 0 heterocycles. The van der Waals surface area contributed by atoms with Gasteiger partial charge in [-0.3, -0.25) is 0 Å². The summed E-state index contributed by atoms with van der Waals surface area (Å²) >= 11 is 0. The second-order valence-corrected chi connectivity index (χ2v) is 6.94. The molecule has 2 rings (SSSR count). The molecular formula is C17H31N. The molecule has 2 atom stereocenters. The van der Waals surface area contributed by atoms with E-state index in [4.69, 9.17) is 0 Å². The maximum atomic E-state index is 3.87. The number of allylic oxidation sites excluding steroid dienone is 1. The Labute approximate surface area is 113 Å². The summed E-state index contributed by atoms with van der Waals surface area (Å²) in [4.78, 5) is 0. The minimum absolute atomic E-state index is 0.531. The fourth-order valence-electron chi connectivity index (χ4n) is 3.95. The summed E-state index contributed by atoms with van der Waals surface area (Å²) in [5.41, 5.74) is 2.26. The molecule has 0 aromatic heterocycles. The molecule has 0 spiro atoms. The SMILES string of the molecule is CCCNC(C1=CCCCC1)C1CCCC1(C)C. The van der Waals surface area contributed by atoms with Gasteiger partial charge in [0.1, 0.15) is 0 Å². The fourth-order valence-corrected chi connectivity index (χ4v) is 3.95. The lowest BCUT2D eigenvalue weighted by molar-refractivity contribution is 0.211. The van der Waals surface area contributed by atoms with E-state index in [2.05, 4.69) is 32.2 Å². The van der Waals surface area contributed by atoms with Crippen LogP contribution >= 0.6 is 0 Å². The van der Waals surface area contributed by atoms with Crippen molar-refractivity contribution >= 4 is 0 Å². The molecule has 18 heavy (non-hydrogen) atoms. The van der Waals surface area contributed by atoms with Gasteiger partial charge in [0.05, 0.1) is 0 Å². The normalized spacial score (nSPS) is 29.1. The molecule has 2 aliphatic rings. The summed E-state index contributed by atoms with van der Waals surface area (Å²) in [6.07, 6.45) is 13.5. The molecule has 0 radical (unpaired) electrons. The van der Waals surface area contributed by atoms with E-state index in [9.17, 15) is 0 Å². The van der Waals surface area contributed by atoms with Crippen molar-refractivity contribution in [3.8, 4) is 0 Å². The van der Waals surface area contributed by atoms with Crippen molar-refractivity contribution in [2.45, 2.75) is 78.2 Å². The molecule has 2 unspecified atom stereocenters. The van der Waals surface area contributed by atoms with Crippen molar-refractivity contribution in [2.24, 2.45) is 11.3 Å². The van der Waals surface area contributed by atoms with Gasteiger partial charge in [-0.15, -0.1) is 0 Å². The molecule has 0 saturated heterocycles. The van der Waals surface area contributed by atoms with Gasteiger partial charge in [-0.1, -0.05) is 38.8 Å². The Balaban J connectivity index is 2.11. The summed E-state index contributed by atoms with van der Waals surface area (Å²) in [6, 6.07) is 0.669. The molecule has 0 amide bonds. The second kappa shape index (κ2) is 6.23. The molecule has 0 aromatic rings. The maximum absolute atomic E-state index is 3.87. The molecule has 0 aliphatic heterocycles. The van der Waals surface area contributed by atoms with Crippen molar-refractivity contribution in [1.29, 1.82) is 0 Å². The van der Waals surface area contributed by atoms with Crippen molar-refractivity contribution in [2.75, 3.05) is 6.54 Å². The zero-order chi connectivity index (χ0) is 13.0. The number of nitrogens with one attached hydrogen (secondary N) is 1. The molecule has 1 fully saturated rings. The molecular weight excluding hydrogens is 218 g/mol. The van der Waals surface area contributed by atoms with Crippen LogP contribution in [0, 0.1) is 11.3 Å². The van der Waals surface area contributed by atoms with Gasteiger partial charge in [0.2, 0.25) is 0 Å². The lowest BCUT2D eigenvalue weighted by Gasteiger charge is -2.37. The number of hydrogen-bond acceptors (Lipinski definition) is 1. The highest BCUT2D eigenvalue weighted by molar-refractivity contribution is 5.17. The van der Waals surface area contributed by atoms with E-state index >= 15 is 0 Å². The second-order valence-electron chi connectivity index (χ2n) is 6.94. The van der Waals surface area contributed by atoms with Gasteiger partial charge in [-0.2, -0.15) is 0 Å². The molecule has 1 heteroatoms. The van der Waals surface area contributed by atoms with E-state index in [1.165, 1.54) is 57.9 Å². The summed E-state index contributed by atoms with van der Waals surface area (Å²) in [5, 5.41) is 3.87. The van der Waals surface area contributed by atoms with Crippen LogP contribution in [0.3, 0.4) is 0 Å². The Morgan fingerprint density at radius 2 is 2.17 bits per heavy atom. The molecule has 1 N–H and O–H groups in total. The van der Waals surface area contributed by atoms with Crippen LogP contribution in [0.1, 0.15) is 72.1 Å². The van der Waals surface area contributed by atoms with Gasteiger partial charge in [0.25, 0.3) is 0 Å². The third kappa shape index (κ3) is 3.17. The molecule has 2 aliphatic carbocycles. The standard InChI is InChI=1S/C17H31N/c1-4-13-18-16(14-9-6-5-7-10-14)15-11-8-12-17(15,2)3/h9,15-16,18H,4-8,10-13H2,1-3H3. The zero-order valence-corrected chi connectivity index (χ0v) is 12.6. The highest BCUT2D eigenvalue weighted by Crippen LogP contribution is 2.46. The average Bonchev–Trinajstić information content (AvgIpc) is 2.71. The Morgan fingerprint density at radius 1 is 1.33 bits per heavy atom. The molecule has 0 aromatic carbocycles. The van der Waals surface area contributed by atoms with Crippen molar-refractivity contribution < 1.29 is 0 Å². The van der Waals surface area contributed by atoms with Crippen LogP contribution in [0.15, 0.2) is 11.6 Å². The number of rotatable bonds is 5. The van der Waals surface area contributed by atoms with Gasteiger partial charge in [0.15, 0.2) is 0 Å². The molecule has 1 nitrogen and oxygen atoms in total. The monoisotopic (exact) mass is 249 g/mol. The predicted molar refractivity (Wildman–Crippen MR) is 79.8 cm³/mol. The Morgan fingerprint density at radius 3 is 2.72 bits per heavy atom.